The first-order chi connectivity index (χ1) is 8.22. The molecule has 0 amide bonds. The Morgan fingerprint density at radius 1 is 1.24 bits per heavy atom. The van der Waals surface area contributed by atoms with Crippen molar-refractivity contribution < 1.29 is 9.90 Å². The minimum Gasteiger partial charge on any atom is -0.395 e. The van der Waals surface area contributed by atoms with Crippen molar-refractivity contribution in [3.63, 3.8) is 0 Å². The first kappa shape index (κ1) is 13.9. The minimum absolute atomic E-state index is 0.160. The predicted molar refractivity (Wildman–Crippen MR) is 68.7 cm³/mol. The van der Waals surface area contributed by atoms with Crippen LogP contribution in [0.2, 0.25) is 0 Å². The Balaban J connectivity index is 2.40. The molecule has 94 valence electrons. The van der Waals surface area contributed by atoms with E-state index in [1.165, 1.54) is 5.56 Å². The molecule has 1 rings (SSSR count). The topological polar surface area (TPSA) is 40.5 Å². The van der Waals surface area contributed by atoms with Crippen LogP contribution in [0.1, 0.15) is 25.3 Å². The lowest BCUT2D eigenvalue weighted by molar-refractivity contribution is -0.117. The number of carbonyl (C=O) groups excluding carboxylic acids is 1. The zero-order valence-electron chi connectivity index (χ0n) is 10.4. The van der Waals surface area contributed by atoms with Gasteiger partial charge >= 0.3 is 0 Å². The van der Waals surface area contributed by atoms with Crippen molar-refractivity contribution in [3.8, 4) is 0 Å². The summed E-state index contributed by atoms with van der Waals surface area (Å²) < 4.78 is 0. The maximum absolute atomic E-state index is 10.9. The van der Waals surface area contributed by atoms with E-state index in [1.807, 2.05) is 18.2 Å². The fraction of sp³-hybridized carbons (Fsp3) is 0.500. The molecule has 0 heterocycles. The summed E-state index contributed by atoms with van der Waals surface area (Å²) in [5.41, 5.74) is 1.24. The third-order valence-electron chi connectivity index (χ3n) is 2.67. The molecule has 1 aromatic rings. The van der Waals surface area contributed by atoms with Gasteiger partial charge in [-0.05, 0) is 25.5 Å². The van der Waals surface area contributed by atoms with Gasteiger partial charge in [0.15, 0.2) is 0 Å². The fourth-order valence-electron chi connectivity index (χ4n) is 1.80. The summed E-state index contributed by atoms with van der Waals surface area (Å²) in [7, 11) is 0. The summed E-state index contributed by atoms with van der Waals surface area (Å²) in [5.74, 6) is 0.230. The van der Waals surface area contributed by atoms with Crippen molar-refractivity contribution in [3.05, 3.63) is 35.9 Å². The summed E-state index contributed by atoms with van der Waals surface area (Å²) in [6.07, 6.45) is 1.49. The van der Waals surface area contributed by atoms with E-state index in [0.717, 1.165) is 19.5 Å². The number of rotatable bonds is 8. The number of aliphatic hydroxyl groups is 1. The number of benzene rings is 1. The van der Waals surface area contributed by atoms with E-state index in [2.05, 4.69) is 17.0 Å². The average molecular weight is 235 g/mol. The van der Waals surface area contributed by atoms with Gasteiger partial charge in [0.25, 0.3) is 0 Å². The summed E-state index contributed by atoms with van der Waals surface area (Å²) in [5, 5.41) is 9.01. The molecule has 3 heteroatoms. The quantitative estimate of drug-likeness (QED) is 0.747. The molecule has 0 unspecified atom stereocenters. The number of carbonyl (C=O) groups is 1. The summed E-state index contributed by atoms with van der Waals surface area (Å²) in [6.45, 7) is 4.13. The Morgan fingerprint density at radius 3 is 2.53 bits per heavy atom. The molecule has 0 saturated heterocycles. The normalized spacial score (nSPS) is 10.8. The maximum atomic E-state index is 10.9. The van der Waals surface area contributed by atoms with Crippen LogP contribution in [0.5, 0.6) is 0 Å². The lowest BCUT2D eigenvalue weighted by Crippen LogP contribution is -2.27. The Kier molecular flexibility index (Phi) is 6.51. The predicted octanol–water partition coefficient (Wildman–Crippen LogP) is 1.85. The molecule has 0 aliphatic rings. The molecule has 1 N–H and O–H groups in total. The molecule has 0 aliphatic heterocycles. The standard InChI is InChI=1S/C14H21NO2/c1-13(17)6-5-9-15(10-11-16)12-14-7-3-2-4-8-14/h2-4,7-8,16H,5-6,9-12H2,1H3. The van der Waals surface area contributed by atoms with Gasteiger partial charge in [-0.25, -0.2) is 0 Å². The van der Waals surface area contributed by atoms with E-state index < -0.39 is 0 Å². The van der Waals surface area contributed by atoms with Crippen LogP contribution < -0.4 is 0 Å². The number of hydrogen-bond donors (Lipinski definition) is 1. The van der Waals surface area contributed by atoms with Gasteiger partial charge in [0.1, 0.15) is 5.78 Å². The third-order valence-corrected chi connectivity index (χ3v) is 2.67. The van der Waals surface area contributed by atoms with Gasteiger partial charge in [0.2, 0.25) is 0 Å². The van der Waals surface area contributed by atoms with Crippen molar-refractivity contribution in [2.24, 2.45) is 0 Å². The van der Waals surface area contributed by atoms with E-state index >= 15 is 0 Å². The monoisotopic (exact) mass is 235 g/mol. The molecule has 0 atom stereocenters. The average Bonchev–Trinajstić information content (AvgIpc) is 2.30. The second-order valence-electron chi connectivity index (χ2n) is 4.29. The molecule has 0 aromatic heterocycles. The molecule has 3 nitrogen and oxygen atoms in total. The summed E-state index contributed by atoms with van der Waals surface area (Å²) in [4.78, 5) is 13.1. The molecular weight excluding hydrogens is 214 g/mol. The highest BCUT2D eigenvalue weighted by Crippen LogP contribution is 2.05. The van der Waals surface area contributed by atoms with E-state index in [4.69, 9.17) is 5.11 Å². The van der Waals surface area contributed by atoms with Crippen molar-refractivity contribution in [1.82, 2.24) is 4.90 Å². The lowest BCUT2D eigenvalue weighted by atomic mass is 10.2. The number of ketones is 1. The van der Waals surface area contributed by atoms with Crippen LogP contribution in [0.15, 0.2) is 30.3 Å². The first-order valence-electron chi connectivity index (χ1n) is 6.09. The number of hydrogen-bond acceptors (Lipinski definition) is 3. The largest absolute Gasteiger partial charge is 0.395 e. The Morgan fingerprint density at radius 2 is 1.94 bits per heavy atom. The van der Waals surface area contributed by atoms with Crippen LogP contribution in [-0.2, 0) is 11.3 Å². The van der Waals surface area contributed by atoms with Gasteiger partial charge in [0.05, 0.1) is 6.61 Å². The van der Waals surface area contributed by atoms with E-state index in [-0.39, 0.29) is 12.4 Å². The highest BCUT2D eigenvalue weighted by atomic mass is 16.3. The van der Waals surface area contributed by atoms with E-state index in [0.29, 0.717) is 13.0 Å². The number of Topliss-reactive ketones (excluding diaryl/α,β-unsaturated/α-hetero) is 1. The highest BCUT2D eigenvalue weighted by Gasteiger charge is 2.05. The minimum atomic E-state index is 0.160. The SMILES string of the molecule is CC(=O)CCCN(CCO)Cc1ccccc1. The smallest absolute Gasteiger partial charge is 0.129 e. The van der Waals surface area contributed by atoms with Gasteiger partial charge in [-0.3, -0.25) is 4.90 Å². The van der Waals surface area contributed by atoms with Crippen LogP contribution >= 0.6 is 0 Å². The second kappa shape index (κ2) is 7.98. The van der Waals surface area contributed by atoms with Gasteiger partial charge in [-0.1, -0.05) is 30.3 Å². The highest BCUT2D eigenvalue weighted by molar-refractivity contribution is 5.75. The molecule has 0 fully saturated rings. The van der Waals surface area contributed by atoms with Gasteiger partial charge in [-0.2, -0.15) is 0 Å². The van der Waals surface area contributed by atoms with Crippen molar-refractivity contribution in [2.75, 3.05) is 19.7 Å². The van der Waals surface area contributed by atoms with E-state index in [9.17, 15) is 4.79 Å². The van der Waals surface area contributed by atoms with E-state index in [1.54, 1.807) is 6.92 Å². The van der Waals surface area contributed by atoms with Gasteiger partial charge < -0.3 is 9.90 Å². The zero-order valence-corrected chi connectivity index (χ0v) is 10.4. The first-order valence-corrected chi connectivity index (χ1v) is 6.09. The molecule has 17 heavy (non-hydrogen) atoms. The zero-order chi connectivity index (χ0) is 12.5. The van der Waals surface area contributed by atoms with Gasteiger partial charge in [0, 0.05) is 19.5 Å². The molecule has 0 radical (unpaired) electrons. The second-order valence-corrected chi connectivity index (χ2v) is 4.29. The van der Waals surface area contributed by atoms with Crippen molar-refractivity contribution >= 4 is 5.78 Å². The Hall–Kier alpha value is -1.19. The number of aliphatic hydroxyl groups excluding tert-OH is 1. The fourth-order valence-corrected chi connectivity index (χ4v) is 1.80. The maximum Gasteiger partial charge on any atom is 0.129 e. The third kappa shape index (κ3) is 6.19. The molecular formula is C14H21NO2. The number of nitrogens with zero attached hydrogens (tertiary/aromatic N) is 1. The Bertz CT molecular complexity index is 324. The van der Waals surface area contributed by atoms with Crippen LogP contribution in [0.4, 0.5) is 0 Å². The molecule has 0 bridgehead atoms. The molecule has 1 aromatic carbocycles. The summed E-state index contributed by atoms with van der Waals surface area (Å²) >= 11 is 0. The van der Waals surface area contributed by atoms with Crippen LogP contribution in [0, 0.1) is 0 Å². The molecule has 0 spiro atoms. The Labute approximate surface area is 103 Å². The van der Waals surface area contributed by atoms with Gasteiger partial charge in [-0.15, -0.1) is 0 Å². The van der Waals surface area contributed by atoms with Crippen molar-refractivity contribution in [2.45, 2.75) is 26.3 Å². The van der Waals surface area contributed by atoms with Crippen LogP contribution in [0.25, 0.3) is 0 Å². The van der Waals surface area contributed by atoms with Crippen LogP contribution in [-0.4, -0.2) is 35.5 Å². The van der Waals surface area contributed by atoms with Crippen LogP contribution in [0.3, 0.4) is 0 Å². The molecule has 0 saturated carbocycles. The molecule has 0 aliphatic carbocycles. The summed E-state index contributed by atoms with van der Waals surface area (Å²) in [6, 6.07) is 10.2. The van der Waals surface area contributed by atoms with Crippen molar-refractivity contribution in [1.29, 1.82) is 0 Å². The lowest BCUT2D eigenvalue weighted by Gasteiger charge is -2.21.